The third-order valence-corrected chi connectivity index (χ3v) is 5.72. The van der Waals surface area contributed by atoms with Crippen LogP contribution in [-0.2, 0) is 28.4 Å². The number of rotatable bonds is 6. The molecular formula is C19H21N5O3S. The highest BCUT2D eigenvalue weighted by atomic mass is 32.2. The summed E-state index contributed by atoms with van der Waals surface area (Å²) in [5.41, 5.74) is 3.39. The summed E-state index contributed by atoms with van der Waals surface area (Å²) in [6.45, 7) is 3.18. The molecule has 0 aliphatic carbocycles. The van der Waals surface area contributed by atoms with Crippen molar-refractivity contribution >= 4 is 21.6 Å². The molecule has 1 amide bonds. The zero-order valence-electron chi connectivity index (χ0n) is 15.8. The zero-order chi connectivity index (χ0) is 20.3. The summed E-state index contributed by atoms with van der Waals surface area (Å²) in [5, 5.41) is 7.05. The van der Waals surface area contributed by atoms with Gasteiger partial charge in [0.2, 0.25) is 15.9 Å². The molecule has 2 N–H and O–H groups in total. The first kappa shape index (κ1) is 19.7. The van der Waals surface area contributed by atoms with E-state index in [1.165, 1.54) is 13.0 Å². The molecule has 0 spiro atoms. The number of sulfonamides is 1. The van der Waals surface area contributed by atoms with Gasteiger partial charge in [0.1, 0.15) is 0 Å². The average molecular weight is 399 g/mol. The Hall–Kier alpha value is -3.04. The first-order valence-corrected chi connectivity index (χ1v) is 10.1. The highest BCUT2D eigenvalue weighted by Crippen LogP contribution is 2.21. The highest BCUT2D eigenvalue weighted by molar-refractivity contribution is 7.89. The van der Waals surface area contributed by atoms with Gasteiger partial charge in [0.25, 0.3) is 0 Å². The Morgan fingerprint density at radius 1 is 1.21 bits per heavy atom. The molecule has 0 saturated heterocycles. The van der Waals surface area contributed by atoms with Gasteiger partial charge in [0, 0.05) is 37.6 Å². The van der Waals surface area contributed by atoms with Crippen molar-refractivity contribution < 1.29 is 13.2 Å². The lowest BCUT2D eigenvalue weighted by atomic mass is 10.2. The van der Waals surface area contributed by atoms with E-state index in [4.69, 9.17) is 0 Å². The fraction of sp³-hybridized carbons (Fsp3) is 0.211. The van der Waals surface area contributed by atoms with Gasteiger partial charge in [-0.2, -0.15) is 5.10 Å². The summed E-state index contributed by atoms with van der Waals surface area (Å²) in [7, 11) is -1.96. The van der Waals surface area contributed by atoms with Gasteiger partial charge in [-0.15, -0.1) is 0 Å². The number of anilines is 1. The van der Waals surface area contributed by atoms with E-state index in [1.807, 2.05) is 18.2 Å². The Morgan fingerprint density at radius 3 is 2.64 bits per heavy atom. The molecule has 3 rings (SSSR count). The van der Waals surface area contributed by atoms with Gasteiger partial charge in [0.05, 0.1) is 22.8 Å². The number of carbonyl (C=O) groups is 1. The van der Waals surface area contributed by atoms with Gasteiger partial charge >= 0.3 is 0 Å². The maximum Gasteiger partial charge on any atom is 0.241 e. The van der Waals surface area contributed by atoms with E-state index in [9.17, 15) is 13.2 Å². The van der Waals surface area contributed by atoms with Crippen LogP contribution in [0.25, 0.3) is 11.3 Å². The standard InChI is InChI=1S/C19H21N5O3S/c1-13-9-16(22-14(2)25)6-7-19(13)28(26,27)21-12-17-10-18(23-24(17)3)15-5-4-8-20-11-15/h4-11,21H,12H2,1-3H3,(H,22,25). The van der Waals surface area contributed by atoms with Gasteiger partial charge in [0.15, 0.2) is 0 Å². The highest BCUT2D eigenvalue weighted by Gasteiger charge is 2.18. The molecule has 2 heterocycles. The lowest BCUT2D eigenvalue weighted by Gasteiger charge is -2.11. The zero-order valence-corrected chi connectivity index (χ0v) is 16.6. The number of amides is 1. The molecule has 0 radical (unpaired) electrons. The third-order valence-electron chi connectivity index (χ3n) is 4.16. The lowest BCUT2D eigenvalue weighted by molar-refractivity contribution is -0.114. The molecule has 0 saturated carbocycles. The van der Waals surface area contributed by atoms with E-state index in [2.05, 4.69) is 20.1 Å². The Morgan fingerprint density at radius 2 is 2.00 bits per heavy atom. The fourth-order valence-corrected chi connectivity index (χ4v) is 4.03. The van der Waals surface area contributed by atoms with Crippen LogP contribution in [0.5, 0.6) is 0 Å². The Bertz CT molecular complexity index is 1110. The predicted octanol–water partition coefficient (Wildman–Crippen LogP) is 2.23. The van der Waals surface area contributed by atoms with Crippen LogP contribution >= 0.6 is 0 Å². The van der Waals surface area contributed by atoms with Crippen LogP contribution in [0.2, 0.25) is 0 Å². The third kappa shape index (κ3) is 4.44. The van der Waals surface area contributed by atoms with Crippen molar-refractivity contribution in [2.24, 2.45) is 7.05 Å². The Kier molecular flexibility index (Phi) is 5.57. The van der Waals surface area contributed by atoms with Crippen molar-refractivity contribution in [1.29, 1.82) is 0 Å². The molecule has 8 nitrogen and oxygen atoms in total. The van der Waals surface area contributed by atoms with Crippen LogP contribution in [0.15, 0.2) is 53.7 Å². The van der Waals surface area contributed by atoms with Crippen LogP contribution < -0.4 is 10.0 Å². The molecule has 3 aromatic rings. The molecule has 0 aliphatic rings. The van der Waals surface area contributed by atoms with Gasteiger partial charge in [-0.25, -0.2) is 13.1 Å². The normalized spacial score (nSPS) is 11.4. The molecule has 0 unspecified atom stereocenters. The lowest BCUT2D eigenvalue weighted by Crippen LogP contribution is -2.25. The molecule has 28 heavy (non-hydrogen) atoms. The number of nitrogens with zero attached hydrogens (tertiary/aromatic N) is 3. The summed E-state index contributed by atoms with van der Waals surface area (Å²) in [6.07, 6.45) is 3.39. The summed E-state index contributed by atoms with van der Waals surface area (Å²) < 4.78 is 29.7. The van der Waals surface area contributed by atoms with Crippen molar-refractivity contribution in [2.75, 3.05) is 5.32 Å². The molecule has 0 bridgehead atoms. The van der Waals surface area contributed by atoms with Gasteiger partial charge in [-0.05, 0) is 48.9 Å². The van der Waals surface area contributed by atoms with Crippen LogP contribution in [0.1, 0.15) is 18.2 Å². The minimum absolute atomic E-state index is 0.0962. The minimum Gasteiger partial charge on any atom is -0.326 e. The smallest absolute Gasteiger partial charge is 0.241 e. The maximum absolute atomic E-state index is 12.7. The molecule has 9 heteroatoms. The number of benzene rings is 1. The van der Waals surface area contributed by atoms with E-state index in [0.717, 1.165) is 17.0 Å². The second-order valence-corrected chi connectivity index (χ2v) is 8.11. The fourth-order valence-electron chi connectivity index (χ4n) is 2.81. The number of carbonyl (C=O) groups excluding carboxylic acids is 1. The van der Waals surface area contributed by atoms with Crippen molar-refractivity contribution in [3.05, 3.63) is 60.0 Å². The quantitative estimate of drug-likeness (QED) is 0.661. The predicted molar refractivity (Wildman–Crippen MR) is 106 cm³/mol. The Labute approximate surface area is 163 Å². The number of hydrogen-bond acceptors (Lipinski definition) is 5. The van der Waals surface area contributed by atoms with E-state index in [0.29, 0.717) is 11.3 Å². The van der Waals surface area contributed by atoms with E-state index >= 15 is 0 Å². The number of nitrogens with one attached hydrogen (secondary N) is 2. The number of aromatic nitrogens is 3. The van der Waals surface area contributed by atoms with E-state index in [1.54, 1.807) is 43.2 Å². The van der Waals surface area contributed by atoms with Gasteiger partial charge < -0.3 is 5.32 Å². The molecule has 0 aliphatic heterocycles. The molecule has 0 atom stereocenters. The first-order chi connectivity index (χ1) is 13.3. The maximum atomic E-state index is 12.7. The largest absolute Gasteiger partial charge is 0.326 e. The molecule has 2 aromatic heterocycles. The van der Waals surface area contributed by atoms with Crippen LogP contribution in [-0.4, -0.2) is 29.1 Å². The summed E-state index contributed by atoms with van der Waals surface area (Å²) in [6, 6.07) is 10.2. The molecular weight excluding hydrogens is 378 g/mol. The average Bonchev–Trinajstić information content (AvgIpc) is 3.01. The molecule has 1 aromatic carbocycles. The SMILES string of the molecule is CC(=O)Nc1ccc(S(=O)(=O)NCc2cc(-c3cccnc3)nn2C)c(C)c1. The van der Waals surface area contributed by atoms with Crippen LogP contribution in [0.3, 0.4) is 0 Å². The number of hydrogen-bond donors (Lipinski definition) is 2. The summed E-state index contributed by atoms with van der Waals surface area (Å²) >= 11 is 0. The molecule has 146 valence electrons. The van der Waals surface area contributed by atoms with Crippen molar-refractivity contribution in [3.63, 3.8) is 0 Å². The second-order valence-electron chi connectivity index (χ2n) is 6.37. The first-order valence-electron chi connectivity index (χ1n) is 8.57. The summed E-state index contributed by atoms with van der Waals surface area (Å²) in [5.74, 6) is -0.214. The van der Waals surface area contributed by atoms with E-state index in [-0.39, 0.29) is 17.3 Å². The van der Waals surface area contributed by atoms with Crippen molar-refractivity contribution in [2.45, 2.75) is 25.3 Å². The number of pyridine rings is 1. The van der Waals surface area contributed by atoms with Gasteiger partial charge in [-0.1, -0.05) is 0 Å². The van der Waals surface area contributed by atoms with Crippen LogP contribution in [0, 0.1) is 6.92 Å². The van der Waals surface area contributed by atoms with E-state index < -0.39 is 10.0 Å². The Balaban J connectivity index is 1.77. The van der Waals surface area contributed by atoms with Crippen molar-refractivity contribution in [1.82, 2.24) is 19.5 Å². The van der Waals surface area contributed by atoms with Crippen molar-refractivity contribution in [3.8, 4) is 11.3 Å². The van der Waals surface area contributed by atoms with Crippen LogP contribution in [0.4, 0.5) is 5.69 Å². The number of aryl methyl sites for hydroxylation is 2. The van der Waals surface area contributed by atoms with Gasteiger partial charge in [-0.3, -0.25) is 14.5 Å². The topological polar surface area (TPSA) is 106 Å². The molecule has 0 fully saturated rings. The summed E-state index contributed by atoms with van der Waals surface area (Å²) in [4.78, 5) is 15.4. The second kappa shape index (κ2) is 7.91. The minimum atomic E-state index is -3.72. The monoisotopic (exact) mass is 399 g/mol.